The molecule has 2 amide bonds. The molecule has 1 atom stereocenters. The Morgan fingerprint density at radius 1 is 0.919 bits per heavy atom. The fraction of sp³-hybridized carbons (Fsp3) is 0.483. The molecule has 1 aliphatic rings. The molecule has 200 valence electrons. The number of methoxy groups -OCH3 is 3. The largest absolute Gasteiger partial charge is 0.496 e. The van der Waals surface area contributed by atoms with Crippen LogP contribution >= 0.6 is 0 Å². The molecule has 1 N–H and O–H groups in total. The number of ether oxygens (including phenoxy) is 3. The number of amides is 2. The van der Waals surface area contributed by atoms with Gasteiger partial charge in [-0.3, -0.25) is 9.59 Å². The van der Waals surface area contributed by atoms with Gasteiger partial charge in [-0.15, -0.1) is 0 Å². The summed E-state index contributed by atoms with van der Waals surface area (Å²) >= 11 is 0. The lowest BCUT2D eigenvalue weighted by molar-refractivity contribution is -0.154. The molecule has 0 aliphatic carbocycles. The first-order valence-electron chi connectivity index (χ1n) is 12.8. The highest BCUT2D eigenvalue weighted by molar-refractivity contribution is 6.06. The van der Waals surface area contributed by atoms with E-state index in [9.17, 15) is 14.4 Å². The third-order valence-corrected chi connectivity index (χ3v) is 7.35. The van der Waals surface area contributed by atoms with E-state index in [0.29, 0.717) is 37.4 Å². The fourth-order valence-corrected chi connectivity index (χ4v) is 5.00. The van der Waals surface area contributed by atoms with E-state index < -0.39 is 23.3 Å². The quantitative estimate of drug-likeness (QED) is 0.363. The van der Waals surface area contributed by atoms with Crippen LogP contribution in [0.1, 0.15) is 45.1 Å². The van der Waals surface area contributed by atoms with Crippen molar-refractivity contribution in [3.05, 3.63) is 48.0 Å². The molecule has 3 rings (SSSR count). The predicted octanol–water partition coefficient (Wildman–Crippen LogP) is 4.00. The summed E-state index contributed by atoms with van der Waals surface area (Å²) in [7, 11) is 4.51. The molecule has 37 heavy (non-hydrogen) atoms. The topological polar surface area (TPSA) is 94.2 Å². The van der Waals surface area contributed by atoms with Crippen LogP contribution in [0.4, 0.5) is 0 Å². The van der Waals surface area contributed by atoms with E-state index in [2.05, 4.69) is 5.32 Å². The van der Waals surface area contributed by atoms with Crippen LogP contribution in [-0.4, -0.2) is 63.1 Å². The minimum atomic E-state index is -1.21. The zero-order chi connectivity index (χ0) is 27.0. The number of carbonyl (C=O) groups is 3. The second-order valence-corrected chi connectivity index (χ2v) is 9.28. The van der Waals surface area contributed by atoms with E-state index in [1.54, 1.807) is 19.1 Å². The summed E-state index contributed by atoms with van der Waals surface area (Å²) in [6.07, 6.45) is 2.82. The van der Waals surface area contributed by atoms with Crippen molar-refractivity contribution in [3.8, 4) is 22.6 Å². The first kappa shape index (κ1) is 28.0. The maximum absolute atomic E-state index is 13.5. The Balaban J connectivity index is 1.83. The molecule has 1 heterocycles. The third kappa shape index (κ3) is 5.89. The van der Waals surface area contributed by atoms with Crippen LogP contribution in [0.3, 0.4) is 0 Å². The molecule has 1 fully saturated rings. The molecule has 0 bridgehead atoms. The number of esters is 1. The van der Waals surface area contributed by atoms with E-state index in [-0.39, 0.29) is 12.3 Å². The lowest BCUT2D eigenvalue weighted by Crippen LogP contribution is -2.55. The van der Waals surface area contributed by atoms with E-state index in [4.69, 9.17) is 14.2 Å². The first-order valence-corrected chi connectivity index (χ1v) is 12.8. The summed E-state index contributed by atoms with van der Waals surface area (Å²) in [5.74, 6) is 0.222. The van der Waals surface area contributed by atoms with Gasteiger partial charge in [0.1, 0.15) is 23.0 Å². The molecule has 0 radical (unpaired) electrons. The van der Waals surface area contributed by atoms with Crippen molar-refractivity contribution in [2.75, 3.05) is 34.4 Å². The van der Waals surface area contributed by atoms with Crippen molar-refractivity contribution in [2.24, 2.45) is 5.41 Å². The minimum absolute atomic E-state index is 0.161. The molecule has 1 saturated heterocycles. The van der Waals surface area contributed by atoms with Crippen LogP contribution in [-0.2, 0) is 25.5 Å². The van der Waals surface area contributed by atoms with Crippen LogP contribution < -0.4 is 14.8 Å². The maximum atomic E-state index is 13.5. The van der Waals surface area contributed by atoms with Gasteiger partial charge in [0.15, 0.2) is 0 Å². The standard InChI is InChI=1S/C29H38N2O6/c1-6-29(7-2,28(34)31-17-8-9-18-31)27(33)30-22(26(32)37-5)19-20-13-15-21(16-14-20)25-23(35-3)11-10-12-24(25)36-4/h10-16,22H,6-9,17-19H2,1-5H3,(H,30,33)/t22-/m0/s1. The summed E-state index contributed by atoms with van der Waals surface area (Å²) in [4.78, 5) is 41.3. The Hall–Kier alpha value is -3.55. The van der Waals surface area contributed by atoms with Crippen molar-refractivity contribution in [1.29, 1.82) is 0 Å². The summed E-state index contributed by atoms with van der Waals surface area (Å²) in [6, 6.07) is 12.3. The Kier molecular flexibility index (Phi) is 9.55. The van der Waals surface area contributed by atoms with Crippen molar-refractivity contribution in [3.63, 3.8) is 0 Å². The number of nitrogens with one attached hydrogen (secondary N) is 1. The molecule has 8 nitrogen and oxygen atoms in total. The fourth-order valence-electron chi connectivity index (χ4n) is 5.00. The smallest absolute Gasteiger partial charge is 0.328 e. The average molecular weight is 511 g/mol. The highest BCUT2D eigenvalue weighted by Gasteiger charge is 2.46. The van der Waals surface area contributed by atoms with E-state index >= 15 is 0 Å². The monoisotopic (exact) mass is 510 g/mol. The highest BCUT2D eigenvalue weighted by Crippen LogP contribution is 2.38. The summed E-state index contributed by atoms with van der Waals surface area (Å²) in [6.45, 7) is 5.01. The van der Waals surface area contributed by atoms with Crippen LogP contribution in [0.5, 0.6) is 11.5 Å². The molecule has 0 spiro atoms. The number of carbonyl (C=O) groups excluding carboxylic acids is 3. The van der Waals surface area contributed by atoms with Crippen LogP contribution in [0, 0.1) is 5.41 Å². The molecule has 2 aromatic carbocycles. The second kappa shape index (κ2) is 12.6. The van der Waals surface area contributed by atoms with Gasteiger partial charge in [-0.05, 0) is 48.9 Å². The molecule has 8 heteroatoms. The first-order chi connectivity index (χ1) is 17.8. The van der Waals surface area contributed by atoms with Crippen LogP contribution in [0.25, 0.3) is 11.1 Å². The Morgan fingerprint density at radius 3 is 1.97 bits per heavy atom. The third-order valence-electron chi connectivity index (χ3n) is 7.35. The number of nitrogens with zero attached hydrogens (tertiary/aromatic N) is 1. The van der Waals surface area contributed by atoms with E-state index in [1.165, 1.54) is 7.11 Å². The highest BCUT2D eigenvalue weighted by atomic mass is 16.5. The van der Waals surface area contributed by atoms with Crippen LogP contribution in [0.15, 0.2) is 42.5 Å². The number of hydrogen-bond acceptors (Lipinski definition) is 6. The van der Waals surface area contributed by atoms with Gasteiger partial charge in [0.05, 0.1) is 26.9 Å². The Labute approximate surface area is 219 Å². The maximum Gasteiger partial charge on any atom is 0.328 e. The summed E-state index contributed by atoms with van der Waals surface area (Å²) in [5, 5.41) is 2.85. The normalized spacial score (nSPS) is 14.1. The molecule has 0 saturated carbocycles. The van der Waals surface area contributed by atoms with Gasteiger partial charge in [0.2, 0.25) is 11.8 Å². The SMILES string of the molecule is CCC(CC)(C(=O)N[C@@H](Cc1ccc(-c2c(OC)cccc2OC)cc1)C(=O)OC)C(=O)N1CCCC1. The molecule has 1 aliphatic heterocycles. The number of hydrogen-bond donors (Lipinski definition) is 1. The molecule has 0 aromatic heterocycles. The lowest BCUT2D eigenvalue weighted by atomic mass is 9.79. The lowest BCUT2D eigenvalue weighted by Gasteiger charge is -2.34. The van der Waals surface area contributed by atoms with Crippen molar-refractivity contribution in [1.82, 2.24) is 10.2 Å². The predicted molar refractivity (Wildman–Crippen MR) is 141 cm³/mol. The molecular formula is C29H38N2O6. The second-order valence-electron chi connectivity index (χ2n) is 9.28. The zero-order valence-electron chi connectivity index (χ0n) is 22.5. The van der Waals surface area contributed by atoms with Gasteiger partial charge in [-0.2, -0.15) is 0 Å². The van der Waals surface area contributed by atoms with Crippen LogP contribution in [0.2, 0.25) is 0 Å². The van der Waals surface area contributed by atoms with Crippen molar-refractivity contribution in [2.45, 2.75) is 52.0 Å². The number of benzene rings is 2. The van der Waals surface area contributed by atoms with E-state index in [0.717, 1.165) is 29.5 Å². The molecular weight excluding hydrogens is 472 g/mol. The molecule has 2 aromatic rings. The van der Waals surface area contributed by atoms with Gasteiger partial charge < -0.3 is 24.4 Å². The Morgan fingerprint density at radius 2 is 1.49 bits per heavy atom. The van der Waals surface area contributed by atoms with E-state index in [1.807, 2.05) is 56.3 Å². The minimum Gasteiger partial charge on any atom is -0.496 e. The van der Waals surface area contributed by atoms with Crippen molar-refractivity contribution >= 4 is 17.8 Å². The Bertz CT molecular complexity index is 1070. The van der Waals surface area contributed by atoms with Gasteiger partial charge in [0, 0.05) is 19.5 Å². The number of rotatable bonds is 11. The zero-order valence-corrected chi connectivity index (χ0v) is 22.5. The van der Waals surface area contributed by atoms with Gasteiger partial charge >= 0.3 is 5.97 Å². The van der Waals surface area contributed by atoms with Crippen molar-refractivity contribution < 1.29 is 28.6 Å². The van der Waals surface area contributed by atoms with Gasteiger partial charge in [0.25, 0.3) is 0 Å². The van der Waals surface area contributed by atoms with Gasteiger partial charge in [-0.1, -0.05) is 44.2 Å². The number of likely N-dealkylation sites (tertiary alicyclic amines) is 1. The summed E-state index contributed by atoms with van der Waals surface area (Å²) < 4.78 is 16.0. The average Bonchev–Trinajstić information content (AvgIpc) is 3.48. The van der Waals surface area contributed by atoms with Gasteiger partial charge in [-0.25, -0.2) is 4.79 Å². The summed E-state index contributed by atoms with van der Waals surface area (Å²) in [5.41, 5.74) is 1.34. The molecule has 0 unspecified atom stereocenters.